The molecule has 0 spiro atoms. The number of rotatable bonds is 3. The molecule has 0 bridgehead atoms. The van der Waals surface area contributed by atoms with Crippen LogP contribution in [0, 0.1) is 13.8 Å². The van der Waals surface area contributed by atoms with Crippen molar-refractivity contribution < 1.29 is 13.6 Å². The van der Waals surface area contributed by atoms with E-state index in [0.717, 1.165) is 35.0 Å². The Balaban J connectivity index is 1.37. The molecule has 5 rings (SSSR count). The number of piperazine rings is 1. The molecular formula is C25H24N2O4. The van der Waals surface area contributed by atoms with Crippen molar-refractivity contribution >= 4 is 33.5 Å². The molecule has 0 N–H and O–H groups in total. The standard InChI is InChI=1S/C25H24N2O4/c1-16-15-30-22-14-23-20(12-19(16)22)17(2)21(25(29)31-23)13-24(28)27-10-8-26(9-11-27)18-6-4-3-5-7-18/h3-7,12,14-15H,8-11,13H2,1-2H3. The smallest absolute Gasteiger partial charge is 0.340 e. The summed E-state index contributed by atoms with van der Waals surface area (Å²) in [7, 11) is 0. The molecule has 158 valence electrons. The zero-order chi connectivity index (χ0) is 21.5. The van der Waals surface area contributed by atoms with E-state index < -0.39 is 5.63 Å². The highest BCUT2D eigenvalue weighted by atomic mass is 16.4. The largest absolute Gasteiger partial charge is 0.464 e. The second-order valence-electron chi connectivity index (χ2n) is 8.14. The van der Waals surface area contributed by atoms with Gasteiger partial charge in [-0.2, -0.15) is 0 Å². The van der Waals surface area contributed by atoms with E-state index in [1.807, 2.05) is 43.0 Å². The third-order valence-electron chi connectivity index (χ3n) is 6.26. The molecule has 0 aliphatic carbocycles. The summed E-state index contributed by atoms with van der Waals surface area (Å²) in [6.07, 6.45) is 1.74. The van der Waals surface area contributed by atoms with Gasteiger partial charge in [0.1, 0.15) is 11.2 Å². The molecule has 31 heavy (non-hydrogen) atoms. The normalized spacial score (nSPS) is 14.5. The minimum absolute atomic E-state index is 0.0389. The summed E-state index contributed by atoms with van der Waals surface area (Å²) in [6.45, 7) is 6.70. The van der Waals surface area contributed by atoms with Crippen LogP contribution < -0.4 is 10.5 Å². The molecule has 0 saturated carbocycles. The van der Waals surface area contributed by atoms with E-state index in [0.29, 0.717) is 29.8 Å². The summed E-state index contributed by atoms with van der Waals surface area (Å²) in [5.74, 6) is -0.0389. The molecule has 0 unspecified atom stereocenters. The Morgan fingerprint density at radius 1 is 0.968 bits per heavy atom. The Hall–Kier alpha value is -3.54. The third-order valence-corrected chi connectivity index (χ3v) is 6.26. The maximum Gasteiger partial charge on any atom is 0.340 e. The highest BCUT2D eigenvalue weighted by molar-refractivity contribution is 5.96. The summed E-state index contributed by atoms with van der Waals surface area (Å²) >= 11 is 0. The van der Waals surface area contributed by atoms with E-state index in [9.17, 15) is 9.59 Å². The van der Waals surface area contributed by atoms with Gasteiger partial charge < -0.3 is 18.6 Å². The lowest BCUT2D eigenvalue weighted by molar-refractivity contribution is -0.130. The molecule has 4 aromatic rings. The maximum atomic E-state index is 13.0. The van der Waals surface area contributed by atoms with Crippen molar-refractivity contribution in [1.29, 1.82) is 0 Å². The molecule has 3 heterocycles. The zero-order valence-electron chi connectivity index (χ0n) is 17.7. The van der Waals surface area contributed by atoms with Gasteiger partial charge in [0.25, 0.3) is 0 Å². The van der Waals surface area contributed by atoms with Crippen molar-refractivity contribution in [2.24, 2.45) is 0 Å². The highest BCUT2D eigenvalue weighted by Gasteiger charge is 2.24. The zero-order valence-corrected chi connectivity index (χ0v) is 17.7. The van der Waals surface area contributed by atoms with Gasteiger partial charge in [-0.05, 0) is 43.2 Å². The molecule has 1 aliphatic heterocycles. The molecule has 1 fully saturated rings. The summed E-state index contributed by atoms with van der Waals surface area (Å²) in [5, 5.41) is 1.83. The first-order valence-corrected chi connectivity index (χ1v) is 10.5. The average molecular weight is 416 g/mol. The first-order valence-electron chi connectivity index (χ1n) is 10.5. The van der Waals surface area contributed by atoms with Gasteiger partial charge in [0, 0.05) is 48.7 Å². The van der Waals surface area contributed by atoms with Crippen LogP contribution >= 0.6 is 0 Å². The van der Waals surface area contributed by atoms with Gasteiger partial charge in [-0.15, -0.1) is 0 Å². The Morgan fingerprint density at radius 2 is 1.71 bits per heavy atom. The van der Waals surface area contributed by atoms with E-state index in [1.165, 1.54) is 5.69 Å². The fraction of sp³-hybridized carbons (Fsp3) is 0.280. The minimum atomic E-state index is -0.455. The third kappa shape index (κ3) is 3.48. The first-order chi connectivity index (χ1) is 15.0. The number of fused-ring (bicyclic) bond motifs is 2. The van der Waals surface area contributed by atoms with E-state index in [1.54, 1.807) is 12.3 Å². The maximum absolute atomic E-state index is 13.0. The van der Waals surface area contributed by atoms with Crippen LogP contribution in [-0.2, 0) is 11.2 Å². The van der Waals surface area contributed by atoms with E-state index in [4.69, 9.17) is 8.83 Å². The molecule has 1 aliphatic rings. The fourth-order valence-corrected chi connectivity index (χ4v) is 4.36. The van der Waals surface area contributed by atoms with Crippen LogP contribution in [-0.4, -0.2) is 37.0 Å². The predicted molar refractivity (Wildman–Crippen MR) is 121 cm³/mol. The lowest BCUT2D eigenvalue weighted by Gasteiger charge is -2.36. The number of amides is 1. The quantitative estimate of drug-likeness (QED) is 0.472. The molecule has 6 heteroatoms. The lowest BCUT2D eigenvalue weighted by Crippen LogP contribution is -2.49. The number of carbonyl (C=O) groups excluding carboxylic acids is 1. The van der Waals surface area contributed by atoms with E-state index >= 15 is 0 Å². The molecule has 0 atom stereocenters. The highest BCUT2D eigenvalue weighted by Crippen LogP contribution is 2.29. The Kier molecular flexibility index (Phi) is 4.77. The summed E-state index contributed by atoms with van der Waals surface area (Å²) in [4.78, 5) is 29.8. The molecule has 6 nitrogen and oxygen atoms in total. The second-order valence-corrected chi connectivity index (χ2v) is 8.14. The number of benzene rings is 2. The number of furan rings is 1. The van der Waals surface area contributed by atoms with Crippen molar-refractivity contribution in [3.63, 3.8) is 0 Å². The van der Waals surface area contributed by atoms with Crippen molar-refractivity contribution in [2.75, 3.05) is 31.1 Å². The lowest BCUT2D eigenvalue weighted by atomic mass is 10.0. The monoisotopic (exact) mass is 416 g/mol. The van der Waals surface area contributed by atoms with Crippen LogP contribution in [0.1, 0.15) is 16.7 Å². The van der Waals surface area contributed by atoms with E-state index in [2.05, 4.69) is 17.0 Å². The van der Waals surface area contributed by atoms with Crippen LogP contribution in [0.3, 0.4) is 0 Å². The molecule has 0 radical (unpaired) electrons. The molecule has 2 aromatic heterocycles. The van der Waals surface area contributed by atoms with Crippen LogP contribution in [0.25, 0.3) is 21.9 Å². The molecule has 1 saturated heterocycles. The number of aryl methyl sites for hydroxylation is 2. The SMILES string of the molecule is Cc1coc2cc3oc(=O)c(CC(=O)N4CCN(c5ccccc5)CC4)c(C)c3cc12. The average Bonchev–Trinajstić information content (AvgIpc) is 3.16. The summed E-state index contributed by atoms with van der Waals surface area (Å²) in [5.41, 5.74) is 4.14. The number of nitrogens with zero attached hydrogens (tertiary/aromatic N) is 2. The number of para-hydroxylation sites is 1. The first kappa shape index (κ1) is 19.4. The second kappa shape index (κ2) is 7.61. The summed E-state index contributed by atoms with van der Waals surface area (Å²) in [6, 6.07) is 13.9. The Morgan fingerprint density at radius 3 is 2.45 bits per heavy atom. The van der Waals surface area contributed by atoms with Gasteiger partial charge in [-0.1, -0.05) is 18.2 Å². The predicted octanol–water partition coefficient (Wildman–Crippen LogP) is 4.05. The van der Waals surface area contributed by atoms with E-state index in [-0.39, 0.29) is 12.3 Å². The van der Waals surface area contributed by atoms with Gasteiger partial charge in [-0.25, -0.2) is 4.79 Å². The van der Waals surface area contributed by atoms with Gasteiger partial charge in [0.2, 0.25) is 5.91 Å². The Labute approximate surface area is 179 Å². The van der Waals surface area contributed by atoms with Gasteiger partial charge >= 0.3 is 5.63 Å². The van der Waals surface area contributed by atoms with Crippen molar-refractivity contribution in [3.05, 3.63) is 75.8 Å². The van der Waals surface area contributed by atoms with Gasteiger partial charge in [0.15, 0.2) is 0 Å². The number of hydrogen-bond donors (Lipinski definition) is 0. The Bertz CT molecular complexity index is 1330. The molecule has 1 amide bonds. The van der Waals surface area contributed by atoms with Crippen molar-refractivity contribution in [1.82, 2.24) is 4.90 Å². The molecular weight excluding hydrogens is 392 g/mol. The number of anilines is 1. The van der Waals surface area contributed by atoms with Crippen LogP contribution in [0.2, 0.25) is 0 Å². The number of hydrogen-bond acceptors (Lipinski definition) is 5. The van der Waals surface area contributed by atoms with Crippen LogP contribution in [0.5, 0.6) is 0 Å². The fourth-order valence-electron chi connectivity index (χ4n) is 4.36. The van der Waals surface area contributed by atoms with Crippen molar-refractivity contribution in [2.45, 2.75) is 20.3 Å². The number of carbonyl (C=O) groups is 1. The summed E-state index contributed by atoms with van der Waals surface area (Å²) < 4.78 is 11.1. The molecule has 2 aromatic carbocycles. The van der Waals surface area contributed by atoms with Gasteiger partial charge in [0.05, 0.1) is 18.2 Å². The van der Waals surface area contributed by atoms with Crippen LogP contribution in [0.15, 0.2) is 62.4 Å². The van der Waals surface area contributed by atoms with Crippen LogP contribution in [0.4, 0.5) is 5.69 Å². The van der Waals surface area contributed by atoms with Crippen molar-refractivity contribution in [3.8, 4) is 0 Å². The topological polar surface area (TPSA) is 66.9 Å². The minimum Gasteiger partial charge on any atom is -0.464 e. The van der Waals surface area contributed by atoms with Gasteiger partial charge in [-0.3, -0.25) is 4.79 Å².